The fourth-order valence-electron chi connectivity index (χ4n) is 0.778. The number of nitrogens with zero attached hydrogens (tertiary/aromatic N) is 2. The molecule has 1 heterocycles. The number of aromatic nitrogens is 2. The maximum Gasteiger partial charge on any atom is 0.127 e. The molecule has 0 aliphatic rings. The second-order valence-electron chi connectivity index (χ2n) is 2.50. The molecule has 0 aromatic carbocycles. The zero-order valence-electron chi connectivity index (χ0n) is 6.49. The van der Waals surface area contributed by atoms with Crippen molar-refractivity contribution >= 4 is 5.82 Å². The minimum Gasteiger partial charge on any atom is -0.384 e. The highest BCUT2D eigenvalue weighted by molar-refractivity contribution is 5.29. The van der Waals surface area contributed by atoms with Gasteiger partial charge in [-0.15, -0.1) is 0 Å². The lowest BCUT2D eigenvalue weighted by atomic mass is 10.1. The van der Waals surface area contributed by atoms with Gasteiger partial charge in [-0.25, -0.2) is 9.97 Å². The molecule has 0 fully saturated rings. The van der Waals surface area contributed by atoms with Crippen LogP contribution in [0.2, 0.25) is 0 Å². The molecule has 0 saturated carbocycles. The summed E-state index contributed by atoms with van der Waals surface area (Å²) in [5.74, 6) is 0.746. The predicted octanol–water partition coefficient (Wildman–Crippen LogP) is 0.121. The van der Waals surface area contributed by atoms with E-state index in [0.29, 0.717) is 12.4 Å². The van der Waals surface area contributed by atoms with E-state index in [4.69, 9.17) is 11.5 Å². The van der Waals surface area contributed by atoms with Gasteiger partial charge in [-0.3, -0.25) is 0 Å². The van der Waals surface area contributed by atoms with E-state index in [-0.39, 0.29) is 5.92 Å². The molecule has 0 radical (unpaired) electrons. The summed E-state index contributed by atoms with van der Waals surface area (Å²) in [5, 5.41) is 0. The van der Waals surface area contributed by atoms with E-state index in [1.165, 1.54) is 6.33 Å². The summed E-state index contributed by atoms with van der Waals surface area (Å²) in [6, 6.07) is 1.75. The molecule has 0 aliphatic carbocycles. The van der Waals surface area contributed by atoms with Gasteiger partial charge in [-0.1, -0.05) is 6.92 Å². The summed E-state index contributed by atoms with van der Waals surface area (Å²) >= 11 is 0. The molecule has 4 nitrogen and oxygen atoms in total. The molecule has 1 unspecified atom stereocenters. The largest absolute Gasteiger partial charge is 0.384 e. The number of hydrogen-bond acceptors (Lipinski definition) is 4. The molecule has 1 atom stereocenters. The van der Waals surface area contributed by atoms with Gasteiger partial charge in [0.2, 0.25) is 0 Å². The first-order valence-electron chi connectivity index (χ1n) is 3.51. The van der Waals surface area contributed by atoms with Crippen molar-refractivity contribution < 1.29 is 0 Å². The molecule has 1 aromatic rings. The number of hydrogen-bond donors (Lipinski definition) is 2. The Balaban J connectivity index is 2.86. The third kappa shape index (κ3) is 1.88. The monoisotopic (exact) mass is 152 g/mol. The second kappa shape index (κ2) is 3.30. The molecule has 1 aromatic heterocycles. The van der Waals surface area contributed by atoms with Crippen LogP contribution in [0.5, 0.6) is 0 Å². The molecule has 0 spiro atoms. The second-order valence-corrected chi connectivity index (χ2v) is 2.50. The van der Waals surface area contributed by atoms with E-state index in [1.54, 1.807) is 6.07 Å². The van der Waals surface area contributed by atoms with E-state index >= 15 is 0 Å². The van der Waals surface area contributed by atoms with E-state index in [9.17, 15) is 0 Å². The first-order valence-corrected chi connectivity index (χ1v) is 3.51. The molecule has 4 N–H and O–H groups in total. The van der Waals surface area contributed by atoms with E-state index < -0.39 is 0 Å². The van der Waals surface area contributed by atoms with Crippen LogP contribution in [-0.2, 0) is 0 Å². The molecular weight excluding hydrogens is 140 g/mol. The van der Waals surface area contributed by atoms with Crippen molar-refractivity contribution in [1.82, 2.24) is 9.97 Å². The summed E-state index contributed by atoms with van der Waals surface area (Å²) in [7, 11) is 0. The van der Waals surface area contributed by atoms with Gasteiger partial charge in [0.25, 0.3) is 0 Å². The van der Waals surface area contributed by atoms with Crippen LogP contribution in [0.15, 0.2) is 12.4 Å². The number of anilines is 1. The smallest absolute Gasteiger partial charge is 0.127 e. The quantitative estimate of drug-likeness (QED) is 0.631. The van der Waals surface area contributed by atoms with E-state index in [2.05, 4.69) is 9.97 Å². The zero-order valence-corrected chi connectivity index (χ0v) is 6.49. The van der Waals surface area contributed by atoms with Gasteiger partial charge in [0.1, 0.15) is 12.1 Å². The Hall–Kier alpha value is -1.16. The number of nitrogens with two attached hydrogens (primary N) is 2. The molecule has 0 aliphatic heterocycles. The zero-order chi connectivity index (χ0) is 8.27. The Labute approximate surface area is 65.6 Å². The van der Waals surface area contributed by atoms with Crippen molar-refractivity contribution in [3.63, 3.8) is 0 Å². The number of nitrogen functional groups attached to an aromatic ring is 1. The highest BCUT2D eigenvalue weighted by Gasteiger charge is 2.03. The average molecular weight is 152 g/mol. The Morgan fingerprint density at radius 3 is 2.82 bits per heavy atom. The van der Waals surface area contributed by atoms with Gasteiger partial charge in [-0.2, -0.15) is 0 Å². The standard InChI is InChI=1S/C7H12N4/c1-5(3-8)6-2-7(9)11-4-10-6/h2,4-5H,3,8H2,1H3,(H2,9,10,11). The molecule has 60 valence electrons. The van der Waals surface area contributed by atoms with Crippen molar-refractivity contribution in [2.75, 3.05) is 12.3 Å². The Bertz CT molecular complexity index is 236. The normalized spacial score (nSPS) is 12.9. The maximum absolute atomic E-state index is 5.46. The fourth-order valence-corrected chi connectivity index (χ4v) is 0.778. The lowest BCUT2D eigenvalue weighted by molar-refractivity contribution is 0.741. The van der Waals surface area contributed by atoms with Crippen LogP contribution in [0.3, 0.4) is 0 Å². The summed E-state index contributed by atoms with van der Waals surface area (Å²) in [5.41, 5.74) is 11.8. The van der Waals surface area contributed by atoms with Crippen LogP contribution < -0.4 is 11.5 Å². The van der Waals surface area contributed by atoms with Crippen molar-refractivity contribution in [3.05, 3.63) is 18.1 Å². The van der Waals surface area contributed by atoms with E-state index in [0.717, 1.165) is 5.69 Å². The fraction of sp³-hybridized carbons (Fsp3) is 0.429. The summed E-state index contributed by atoms with van der Waals surface area (Å²) in [4.78, 5) is 7.82. The molecular formula is C7H12N4. The summed E-state index contributed by atoms with van der Waals surface area (Å²) in [6.45, 7) is 2.58. The van der Waals surface area contributed by atoms with Crippen LogP contribution in [0.1, 0.15) is 18.5 Å². The molecule has 0 bridgehead atoms. The van der Waals surface area contributed by atoms with Gasteiger partial charge < -0.3 is 11.5 Å². The van der Waals surface area contributed by atoms with Gasteiger partial charge >= 0.3 is 0 Å². The lowest BCUT2D eigenvalue weighted by Crippen LogP contribution is -2.10. The molecule has 0 saturated heterocycles. The van der Waals surface area contributed by atoms with Gasteiger partial charge in [0.05, 0.1) is 0 Å². The molecule has 11 heavy (non-hydrogen) atoms. The van der Waals surface area contributed by atoms with Crippen LogP contribution >= 0.6 is 0 Å². The Morgan fingerprint density at radius 1 is 1.55 bits per heavy atom. The average Bonchev–Trinajstić information content (AvgIpc) is 2.03. The van der Waals surface area contributed by atoms with Crippen molar-refractivity contribution in [2.45, 2.75) is 12.8 Å². The van der Waals surface area contributed by atoms with Gasteiger partial charge in [0, 0.05) is 24.2 Å². The molecule has 1 rings (SSSR count). The molecule has 4 heteroatoms. The summed E-state index contributed by atoms with van der Waals surface area (Å²) in [6.07, 6.45) is 1.46. The van der Waals surface area contributed by atoms with Gasteiger partial charge in [0.15, 0.2) is 0 Å². The third-order valence-electron chi connectivity index (χ3n) is 1.57. The van der Waals surface area contributed by atoms with Crippen LogP contribution in [0.4, 0.5) is 5.82 Å². The van der Waals surface area contributed by atoms with Crippen LogP contribution in [0, 0.1) is 0 Å². The highest BCUT2D eigenvalue weighted by Crippen LogP contribution is 2.10. The minimum atomic E-state index is 0.250. The first-order chi connectivity index (χ1) is 5.24. The van der Waals surface area contributed by atoms with Crippen LogP contribution in [0.25, 0.3) is 0 Å². The topological polar surface area (TPSA) is 77.8 Å². The summed E-state index contributed by atoms with van der Waals surface area (Å²) < 4.78 is 0. The molecule has 0 amide bonds. The maximum atomic E-state index is 5.46. The Kier molecular flexibility index (Phi) is 2.38. The van der Waals surface area contributed by atoms with Crippen molar-refractivity contribution in [3.8, 4) is 0 Å². The van der Waals surface area contributed by atoms with E-state index in [1.807, 2.05) is 6.92 Å². The third-order valence-corrected chi connectivity index (χ3v) is 1.57. The van der Waals surface area contributed by atoms with Crippen molar-refractivity contribution in [2.24, 2.45) is 5.73 Å². The SMILES string of the molecule is CC(CN)c1cc(N)ncn1. The lowest BCUT2D eigenvalue weighted by Gasteiger charge is -2.06. The first kappa shape index (κ1) is 7.94. The van der Waals surface area contributed by atoms with Crippen LogP contribution in [-0.4, -0.2) is 16.5 Å². The number of rotatable bonds is 2. The highest BCUT2D eigenvalue weighted by atomic mass is 14.9. The predicted molar refractivity (Wildman–Crippen MR) is 43.9 cm³/mol. The van der Waals surface area contributed by atoms with Gasteiger partial charge in [-0.05, 0) is 0 Å². The minimum absolute atomic E-state index is 0.250. The Morgan fingerprint density at radius 2 is 2.27 bits per heavy atom. The van der Waals surface area contributed by atoms with Crippen molar-refractivity contribution in [1.29, 1.82) is 0 Å².